The lowest BCUT2D eigenvalue weighted by atomic mass is 9.99. The summed E-state index contributed by atoms with van der Waals surface area (Å²) in [6.45, 7) is 5.03. The molecular weight excluding hydrogens is 461 g/mol. The zero-order valence-electron chi connectivity index (χ0n) is 19.5. The van der Waals surface area contributed by atoms with Crippen molar-refractivity contribution in [2.75, 3.05) is 31.5 Å². The average molecular weight is 492 g/mol. The van der Waals surface area contributed by atoms with Crippen molar-refractivity contribution < 1.29 is 22.4 Å². The quantitative estimate of drug-likeness (QED) is 0.668. The summed E-state index contributed by atoms with van der Waals surface area (Å²) in [4.78, 5) is 27.2. The summed E-state index contributed by atoms with van der Waals surface area (Å²) in [5, 5.41) is 7.03. The van der Waals surface area contributed by atoms with Crippen LogP contribution < -0.4 is 5.32 Å². The predicted molar refractivity (Wildman–Crippen MR) is 124 cm³/mol. The summed E-state index contributed by atoms with van der Waals surface area (Å²) in [5.41, 5.74) is 1.08. The summed E-state index contributed by atoms with van der Waals surface area (Å²) in [6, 6.07) is 5.59. The molecule has 1 atom stereocenters. The monoisotopic (exact) mass is 491 g/mol. The molecule has 1 aromatic carbocycles. The number of carbonyl (C=O) groups excluding carboxylic acids is 2. The van der Waals surface area contributed by atoms with Crippen LogP contribution in [0.25, 0.3) is 0 Å². The number of carbonyl (C=O) groups is 2. The number of benzene rings is 1. The summed E-state index contributed by atoms with van der Waals surface area (Å²) < 4.78 is 43.3. The Morgan fingerprint density at radius 2 is 1.88 bits per heavy atom. The molecule has 0 saturated carbocycles. The second kappa shape index (κ2) is 9.83. The van der Waals surface area contributed by atoms with Gasteiger partial charge in [0.1, 0.15) is 17.3 Å². The van der Waals surface area contributed by atoms with E-state index in [4.69, 9.17) is 0 Å². The van der Waals surface area contributed by atoms with Gasteiger partial charge < -0.3 is 10.2 Å². The van der Waals surface area contributed by atoms with Crippen LogP contribution in [0, 0.1) is 25.6 Å². The zero-order chi connectivity index (χ0) is 24.5. The number of anilines is 1. The minimum atomic E-state index is -3.92. The third-order valence-corrected chi connectivity index (χ3v) is 8.62. The van der Waals surface area contributed by atoms with Crippen molar-refractivity contribution in [3.63, 3.8) is 0 Å². The maximum Gasteiger partial charge on any atom is 0.246 e. The molecule has 11 heteroatoms. The van der Waals surface area contributed by atoms with Crippen molar-refractivity contribution in [3.05, 3.63) is 41.5 Å². The molecule has 2 amide bonds. The van der Waals surface area contributed by atoms with Gasteiger partial charge in [-0.3, -0.25) is 14.3 Å². The third-order valence-electron chi connectivity index (χ3n) is 6.50. The number of aryl methyl sites for hydroxylation is 1. The molecule has 0 bridgehead atoms. The lowest BCUT2D eigenvalue weighted by Gasteiger charge is -2.31. The SMILES string of the molecule is Cc1nn(CC(=O)N2CCCC2)c(C)c1S(=O)(=O)N1CCCC(C(=O)Nc2cccc(F)c2)C1. The second-order valence-corrected chi connectivity index (χ2v) is 10.8. The minimum Gasteiger partial charge on any atom is -0.341 e. The second-order valence-electron chi connectivity index (χ2n) is 8.95. The Hall–Kier alpha value is -2.79. The lowest BCUT2D eigenvalue weighted by Crippen LogP contribution is -2.44. The highest BCUT2D eigenvalue weighted by atomic mass is 32.2. The van der Waals surface area contributed by atoms with Crippen molar-refractivity contribution in [1.29, 1.82) is 0 Å². The highest BCUT2D eigenvalue weighted by molar-refractivity contribution is 7.89. The molecule has 2 aliphatic heterocycles. The highest BCUT2D eigenvalue weighted by Crippen LogP contribution is 2.28. The number of amides is 2. The number of nitrogens with zero attached hydrogens (tertiary/aromatic N) is 4. The van der Waals surface area contributed by atoms with Gasteiger partial charge in [-0.25, -0.2) is 12.8 Å². The maximum atomic E-state index is 13.6. The summed E-state index contributed by atoms with van der Waals surface area (Å²) in [7, 11) is -3.92. The lowest BCUT2D eigenvalue weighted by molar-refractivity contribution is -0.131. The van der Waals surface area contributed by atoms with Crippen LogP contribution >= 0.6 is 0 Å². The smallest absolute Gasteiger partial charge is 0.246 e. The van der Waals surface area contributed by atoms with Gasteiger partial charge in [0.15, 0.2) is 0 Å². The van der Waals surface area contributed by atoms with Crippen molar-refractivity contribution in [2.24, 2.45) is 5.92 Å². The molecule has 2 aliphatic rings. The van der Waals surface area contributed by atoms with E-state index >= 15 is 0 Å². The minimum absolute atomic E-state index is 0.000853. The molecule has 0 radical (unpaired) electrons. The van der Waals surface area contributed by atoms with Crippen molar-refractivity contribution in [1.82, 2.24) is 19.0 Å². The molecule has 3 heterocycles. The maximum absolute atomic E-state index is 13.6. The van der Waals surface area contributed by atoms with E-state index in [0.717, 1.165) is 25.9 Å². The van der Waals surface area contributed by atoms with Crippen LogP contribution in [0.4, 0.5) is 10.1 Å². The molecule has 0 aliphatic carbocycles. The molecule has 2 aromatic rings. The molecule has 2 saturated heterocycles. The van der Waals surface area contributed by atoms with Crippen LogP contribution in [0.5, 0.6) is 0 Å². The van der Waals surface area contributed by atoms with Gasteiger partial charge in [-0.15, -0.1) is 0 Å². The average Bonchev–Trinajstić information content (AvgIpc) is 3.42. The Bertz CT molecular complexity index is 1190. The number of aromatic nitrogens is 2. The predicted octanol–water partition coefficient (Wildman–Crippen LogP) is 2.30. The van der Waals surface area contributed by atoms with E-state index in [9.17, 15) is 22.4 Å². The van der Waals surface area contributed by atoms with E-state index in [1.807, 2.05) is 0 Å². The molecule has 1 N–H and O–H groups in total. The van der Waals surface area contributed by atoms with Crippen LogP contribution in [-0.4, -0.2) is 65.4 Å². The number of nitrogens with one attached hydrogen (secondary N) is 1. The van der Waals surface area contributed by atoms with Gasteiger partial charge in [0.05, 0.1) is 17.3 Å². The van der Waals surface area contributed by atoms with Gasteiger partial charge in [0, 0.05) is 31.9 Å². The van der Waals surface area contributed by atoms with E-state index in [0.29, 0.717) is 36.5 Å². The first-order valence-corrected chi connectivity index (χ1v) is 13.0. The standard InChI is InChI=1S/C23H30FN5O4S/c1-16-22(17(2)29(26-16)15-21(30)27-10-3-4-11-27)34(32,33)28-12-6-7-18(14-28)23(31)25-20-9-5-8-19(24)13-20/h5,8-9,13,18H,3-4,6-7,10-12,14-15H2,1-2H3,(H,25,31). The zero-order valence-corrected chi connectivity index (χ0v) is 20.3. The van der Waals surface area contributed by atoms with Crippen LogP contribution in [0.1, 0.15) is 37.1 Å². The van der Waals surface area contributed by atoms with Crippen LogP contribution in [0.15, 0.2) is 29.2 Å². The van der Waals surface area contributed by atoms with E-state index in [-0.39, 0.29) is 29.8 Å². The molecule has 0 spiro atoms. The fourth-order valence-corrected chi connectivity index (χ4v) is 6.61. The topological polar surface area (TPSA) is 105 Å². The number of halogens is 1. The van der Waals surface area contributed by atoms with Crippen molar-refractivity contribution in [3.8, 4) is 0 Å². The summed E-state index contributed by atoms with van der Waals surface area (Å²) >= 11 is 0. The number of hydrogen-bond donors (Lipinski definition) is 1. The fraction of sp³-hybridized carbons (Fsp3) is 0.522. The summed E-state index contributed by atoms with van der Waals surface area (Å²) in [5.74, 6) is -1.43. The normalized spacial score (nSPS) is 19.4. The van der Waals surface area contributed by atoms with Crippen molar-refractivity contribution >= 4 is 27.5 Å². The molecule has 9 nitrogen and oxygen atoms in total. The highest BCUT2D eigenvalue weighted by Gasteiger charge is 2.36. The van der Waals surface area contributed by atoms with E-state index in [1.54, 1.807) is 24.8 Å². The molecular formula is C23H30FN5O4S. The largest absolute Gasteiger partial charge is 0.341 e. The number of rotatable bonds is 6. The van der Waals surface area contributed by atoms with Gasteiger partial charge >= 0.3 is 0 Å². The molecule has 184 valence electrons. The molecule has 34 heavy (non-hydrogen) atoms. The third kappa shape index (κ3) is 5.00. The number of hydrogen-bond acceptors (Lipinski definition) is 5. The van der Waals surface area contributed by atoms with Gasteiger partial charge in [0.2, 0.25) is 21.8 Å². The van der Waals surface area contributed by atoms with E-state index in [1.165, 1.54) is 27.2 Å². The Morgan fingerprint density at radius 1 is 1.15 bits per heavy atom. The first kappa shape index (κ1) is 24.3. The first-order chi connectivity index (χ1) is 16.2. The van der Waals surface area contributed by atoms with Crippen LogP contribution in [-0.2, 0) is 26.2 Å². The number of sulfonamides is 1. The Balaban J connectivity index is 1.49. The van der Waals surface area contributed by atoms with Gasteiger partial charge in [-0.2, -0.15) is 9.40 Å². The number of likely N-dealkylation sites (tertiary alicyclic amines) is 1. The van der Waals surface area contributed by atoms with Gasteiger partial charge in [-0.05, 0) is 57.7 Å². The molecule has 1 aromatic heterocycles. The van der Waals surface area contributed by atoms with E-state index < -0.39 is 21.8 Å². The Morgan fingerprint density at radius 3 is 2.59 bits per heavy atom. The molecule has 2 fully saturated rings. The Kier molecular flexibility index (Phi) is 7.04. The van der Waals surface area contributed by atoms with Crippen LogP contribution in [0.3, 0.4) is 0 Å². The van der Waals surface area contributed by atoms with E-state index in [2.05, 4.69) is 10.4 Å². The fourth-order valence-electron chi connectivity index (χ4n) is 4.72. The first-order valence-electron chi connectivity index (χ1n) is 11.5. The van der Waals surface area contributed by atoms with Gasteiger partial charge in [0.25, 0.3) is 0 Å². The molecule has 4 rings (SSSR count). The summed E-state index contributed by atoms with van der Waals surface area (Å²) in [6.07, 6.45) is 3.02. The van der Waals surface area contributed by atoms with Crippen LogP contribution in [0.2, 0.25) is 0 Å². The Labute approximate surface area is 199 Å². The number of piperidine rings is 1. The van der Waals surface area contributed by atoms with Gasteiger partial charge in [-0.1, -0.05) is 6.07 Å². The molecule has 1 unspecified atom stereocenters. The van der Waals surface area contributed by atoms with Crippen molar-refractivity contribution in [2.45, 2.75) is 51.0 Å².